The molecule has 19 heavy (non-hydrogen) atoms. The van der Waals surface area contributed by atoms with Gasteiger partial charge in [0.1, 0.15) is 10.1 Å². The molecule has 2 rings (SSSR count). The molecule has 0 aliphatic rings. The molecule has 100 valence electrons. The van der Waals surface area contributed by atoms with Crippen LogP contribution >= 0.6 is 0 Å². The van der Waals surface area contributed by atoms with Crippen LogP contribution in [0.3, 0.4) is 0 Å². The van der Waals surface area contributed by atoms with Gasteiger partial charge in [0.25, 0.3) is 0 Å². The van der Waals surface area contributed by atoms with E-state index in [0.29, 0.717) is 5.69 Å². The summed E-state index contributed by atoms with van der Waals surface area (Å²) in [5.41, 5.74) is 0.637. The van der Waals surface area contributed by atoms with Crippen LogP contribution in [0.4, 0.5) is 4.39 Å². The zero-order chi connectivity index (χ0) is 13.9. The molecule has 0 saturated heterocycles. The van der Waals surface area contributed by atoms with E-state index in [1.165, 1.54) is 35.4 Å². The minimum absolute atomic E-state index is 0.0937. The number of hydrogen-bond acceptors (Lipinski definition) is 5. The van der Waals surface area contributed by atoms with E-state index in [-0.39, 0.29) is 12.1 Å². The van der Waals surface area contributed by atoms with Crippen LogP contribution in [0.15, 0.2) is 37.1 Å². The predicted molar refractivity (Wildman–Crippen MR) is 62.2 cm³/mol. The van der Waals surface area contributed by atoms with Crippen molar-refractivity contribution in [2.75, 3.05) is 5.75 Å². The van der Waals surface area contributed by atoms with Gasteiger partial charge in [0.05, 0.1) is 17.6 Å². The Labute approximate surface area is 109 Å². The average molecular weight is 283 g/mol. The molecule has 2 aromatic rings. The lowest BCUT2D eigenvalue weighted by atomic mass is 10.2. The van der Waals surface area contributed by atoms with E-state index >= 15 is 0 Å². The van der Waals surface area contributed by atoms with Crippen molar-refractivity contribution in [1.29, 1.82) is 0 Å². The van der Waals surface area contributed by atoms with E-state index in [1.807, 2.05) is 0 Å². The standard InChI is InChI=1S/C11H10FN3O3S/c12-10-8-15(5-6-19(16,17)18)4-1-9(10)11-7-13-2-3-14-11/h1-4,7-8H,5-6H2. The maximum Gasteiger partial charge on any atom is 0.205 e. The summed E-state index contributed by atoms with van der Waals surface area (Å²) in [6.07, 6.45) is 6.95. The molecule has 0 atom stereocenters. The van der Waals surface area contributed by atoms with Crippen LogP contribution in [-0.2, 0) is 16.7 Å². The molecule has 0 radical (unpaired) electrons. The van der Waals surface area contributed by atoms with Gasteiger partial charge < -0.3 is 4.55 Å². The highest BCUT2D eigenvalue weighted by Crippen LogP contribution is 2.17. The van der Waals surface area contributed by atoms with Gasteiger partial charge in [-0.15, -0.1) is 0 Å². The molecule has 0 spiro atoms. The molecule has 0 aliphatic heterocycles. The first-order valence-corrected chi connectivity index (χ1v) is 6.92. The fourth-order valence-corrected chi connectivity index (χ4v) is 1.94. The van der Waals surface area contributed by atoms with E-state index in [0.717, 1.165) is 6.20 Å². The lowest BCUT2D eigenvalue weighted by molar-refractivity contribution is -0.693. The number of rotatable bonds is 4. The Kier molecular flexibility index (Phi) is 3.82. The van der Waals surface area contributed by atoms with Gasteiger partial charge in [0.15, 0.2) is 18.6 Å². The third-order valence-electron chi connectivity index (χ3n) is 2.41. The normalized spacial score (nSPS) is 11.5. The van der Waals surface area contributed by atoms with Crippen LogP contribution in [0.2, 0.25) is 0 Å². The van der Waals surface area contributed by atoms with E-state index in [4.69, 9.17) is 0 Å². The third kappa shape index (κ3) is 3.76. The summed E-state index contributed by atoms with van der Waals surface area (Å²) in [6.45, 7) is -0.0937. The molecule has 0 saturated carbocycles. The van der Waals surface area contributed by atoms with Crippen molar-refractivity contribution in [3.8, 4) is 11.3 Å². The van der Waals surface area contributed by atoms with Crippen molar-refractivity contribution in [2.24, 2.45) is 0 Å². The molecule has 0 aliphatic carbocycles. The maximum atomic E-state index is 13.8. The third-order valence-corrected chi connectivity index (χ3v) is 3.09. The molecule has 6 nitrogen and oxygen atoms in total. The molecule has 2 heterocycles. The van der Waals surface area contributed by atoms with Crippen molar-refractivity contribution in [3.05, 3.63) is 42.9 Å². The van der Waals surface area contributed by atoms with Crippen molar-refractivity contribution >= 4 is 10.1 Å². The zero-order valence-corrected chi connectivity index (χ0v) is 10.5. The topological polar surface area (TPSA) is 86.9 Å². The Hall–Kier alpha value is -1.93. The van der Waals surface area contributed by atoms with Crippen LogP contribution in [0.1, 0.15) is 0 Å². The van der Waals surface area contributed by atoms with Gasteiger partial charge in [-0.25, -0.2) is 13.0 Å². The van der Waals surface area contributed by atoms with Gasteiger partial charge >= 0.3 is 0 Å². The summed E-state index contributed by atoms with van der Waals surface area (Å²) in [6, 6.07) is 1.46. The van der Waals surface area contributed by atoms with Gasteiger partial charge in [-0.3, -0.25) is 9.97 Å². The second-order valence-electron chi connectivity index (χ2n) is 3.80. The fourth-order valence-electron chi connectivity index (χ4n) is 1.51. The van der Waals surface area contributed by atoms with Crippen LogP contribution in [-0.4, -0.2) is 28.7 Å². The highest BCUT2D eigenvalue weighted by molar-refractivity contribution is 7.85. The minimum atomic E-state index is -4.31. The van der Waals surface area contributed by atoms with E-state index < -0.39 is 21.7 Å². The predicted octanol–water partition coefficient (Wildman–Crippen LogP) is 0.115. The molecule has 2 aromatic heterocycles. The number of hydrogen-bond donors (Lipinski definition) is 0. The number of aryl methyl sites for hydroxylation is 1. The summed E-state index contributed by atoms with van der Waals surface area (Å²) in [4.78, 5) is 7.80. The summed E-state index contributed by atoms with van der Waals surface area (Å²) in [5.74, 6) is -1.15. The van der Waals surface area contributed by atoms with Crippen LogP contribution < -0.4 is 4.57 Å². The SMILES string of the molecule is O=S(=O)([O-])CC[n+]1ccc(-c2cnccn2)c(F)c1. The van der Waals surface area contributed by atoms with Gasteiger partial charge in [0.2, 0.25) is 6.20 Å². The second-order valence-corrected chi connectivity index (χ2v) is 5.32. The summed E-state index contributed by atoms with van der Waals surface area (Å²) >= 11 is 0. The maximum absolute atomic E-state index is 13.8. The van der Waals surface area contributed by atoms with Crippen molar-refractivity contribution in [1.82, 2.24) is 9.97 Å². The molecule has 0 unspecified atom stereocenters. The number of pyridine rings is 1. The fraction of sp³-hybridized carbons (Fsp3) is 0.182. The molecule has 0 fully saturated rings. The largest absolute Gasteiger partial charge is 0.748 e. The van der Waals surface area contributed by atoms with E-state index in [2.05, 4.69) is 9.97 Å². The molecule has 0 aromatic carbocycles. The minimum Gasteiger partial charge on any atom is -0.748 e. The molecule has 0 N–H and O–H groups in total. The van der Waals surface area contributed by atoms with E-state index in [9.17, 15) is 17.4 Å². The first-order valence-electron chi connectivity index (χ1n) is 5.34. The molecular weight excluding hydrogens is 273 g/mol. The molecular formula is C11H10FN3O3S. The van der Waals surface area contributed by atoms with Crippen molar-refractivity contribution in [3.63, 3.8) is 0 Å². The summed E-state index contributed by atoms with van der Waals surface area (Å²) in [5, 5.41) is 0. The smallest absolute Gasteiger partial charge is 0.205 e. The van der Waals surface area contributed by atoms with Crippen LogP contribution in [0.25, 0.3) is 11.3 Å². The monoisotopic (exact) mass is 283 g/mol. The Morgan fingerprint density at radius 3 is 2.74 bits per heavy atom. The average Bonchev–Trinajstić information content (AvgIpc) is 2.37. The van der Waals surface area contributed by atoms with Gasteiger partial charge in [-0.2, -0.15) is 4.39 Å². The van der Waals surface area contributed by atoms with Gasteiger partial charge in [-0.1, -0.05) is 0 Å². The Morgan fingerprint density at radius 1 is 1.37 bits per heavy atom. The zero-order valence-electron chi connectivity index (χ0n) is 9.73. The lowest BCUT2D eigenvalue weighted by Crippen LogP contribution is -2.37. The lowest BCUT2D eigenvalue weighted by Gasteiger charge is -2.04. The molecule has 8 heteroatoms. The van der Waals surface area contributed by atoms with E-state index in [1.54, 1.807) is 0 Å². The van der Waals surface area contributed by atoms with Crippen LogP contribution in [0, 0.1) is 5.82 Å². The van der Waals surface area contributed by atoms with Crippen molar-refractivity contribution < 1.29 is 21.9 Å². The highest BCUT2D eigenvalue weighted by Gasteiger charge is 2.12. The van der Waals surface area contributed by atoms with Gasteiger partial charge in [-0.05, 0) is 0 Å². The Balaban J connectivity index is 2.23. The Bertz CT molecular complexity index is 677. The first kappa shape index (κ1) is 13.5. The molecule has 0 bridgehead atoms. The summed E-state index contributed by atoms with van der Waals surface area (Å²) in [7, 11) is -4.31. The first-order chi connectivity index (χ1) is 8.96. The van der Waals surface area contributed by atoms with Crippen LogP contribution in [0.5, 0.6) is 0 Å². The summed E-state index contributed by atoms with van der Waals surface area (Å²) < 4.78 is 46.6. The quantitative estimate of drug-likeness (QED) is 0.587. The number of halogens is 1. The Morgan fingerprint density at radius 2 is 2.16 bits per heavy atom. The molecule has 0 amide bonds. The second kappa shape index (κ2) is 5.37. The number of nitrogens with zero attached hydrogens (tertiary/aromatic N) is 3. The highest BCUT2D eigenvalue weighted by atomic mass is 32.2. The number of aromatic nitrogens is 3. The van der Waals surface area contributed by atoms with Gasteiger partial charge in [0, 0.05) is 24.0 Å². The van der Waals surface area contributed by atoms with Crippen molar-refractivity contribution in [2.45, 2.75) is 6.54 Å².